The fraction of sp³-hybridized carbons (Fsp3) is 0.407. The van der Waals surface area contributed by atoms with Gasteiger partial charge >= 0.3 is 6.18 Å². The molecule has 2 aromatic carbocycles. The summed E-state index contributed by atoms with van der Waals surface area (Å²) in [5, 5.41) is 7.19. The summed E-state index contributed by atoms with van der Waals surface area (Å²) in [4.78, 5) is 0.113. The van der Waals surface area contributed by atoms with Crippen LogP contribution in [0.15, 0.2) is 47.4 Å². The van der Waals surface area contributed by atoms with E-state index < -0.39 is 22.6 Å². The number of anilines is 2. The Morgan fingerprint density at radius 1 is 1.18 bits per heavy atom. The van der Waals surface area contributed by atoms with Crippen LogP contribution >= 0.6 is 0 Å². The van der Waals surface area contributed by atoms with Gasteiger partial charge in [-0.15, -0.1) is 0 Å². The van der Waals surface area contributed by atoms with Gasteiger partial charge in [-0.05, 0) is 56.0 Å². The third kappa shape index (κ3) is 6.74. The number of nitrogens with zero attached hydrogens (tertiary/aromatic N) is 1. The zero-order valence-corrected chi connectivity index (χ0v) is 22.2. The van der Waals surface area contributed by atoms with Crippen LogP contribution in [0, 0.1) is 11.8 Å². The molecule has 2 atom stereocenters. The second-order valence-corrected chi connectivity index (χ2v) is 11.3. The molecule has 1 saturated heterocycles. The zero-order chi connectivity index (χ0) is 27.5. The van der Waals surface area contributed by atoms with E-state index in [1.165, 1.54) is 23.8 Å². The summed E-state index contributed by atoms with van der Waals surface area (Å²) in [6.07, 6.45) is -1.57. The van der Waals surface area contributed by atoms with Crippen molar-refractivity contribution in [2.75, 3.05) is 37.2 Å². The molecule has 1 fully saturated rings. The third-order valence-electron chi connectivity index (χ3n) is 6.31. The molecule has 0 saturated carbocycles. The second-order valence-electron chi connectivity index (χ2n) is 9.31. The monoisotopic (exact) mass is 549 g/mol. The highest BCUT2D eigenvalue weighted by molar-refractivity contribution is 7.90. The minimum atomic E-state index is -4.42. The van der Waals surface area contributed by atoms with Crippen LogP contribution in [0.25, 0.3) is 10.9 Å². The first kappa shape index (κ1) is 27.7. The minimum absolute atomic E-state index is 0.104. The molecule has 0 aliphatic carbocycles. The van der Waals surface area contributed by atoms with Crippen molar-refractivity contribution in [2.24, 2.45) is 0 Å². The first-order chi connectivity index (χ1) is 17.9. The number of rotatable bonds is 7. The van der Waals surface area contributed by atoms with Gasteiger partial charge in [-0.25, -0.2) is 8.42 Å². The lowest BCUT2D eigenvalue weighted by atomic mass is 10.0. The molecular formula is C27H30F3N3O4S. The van der Waals surface area contributed by atoms with Crippen molar-refractivity contribution in [1.82, 2.24) is 4.57 Å². The Bertz CT molecular complexity index is 1470. The summed E-state index contributed by atoms with van der Waals surface area (Å²) in [5.74, 6) is 6.07. The van der Waals surface area contributed by atoms with Crippen molar-refractivity contribution in [3.8, 4) is 17.6 Å². The molecule has 1 aliphatic heterocycles. The van der Waals surface area contributed by atoms with Gasteiger partial charge in [0.25, 0.3) is 0 Å². The molecule has 4 rings (SSSR count). The molecule has 2 heterocycles. The third-order valence-corrected chi connectivity index (χ3v) is 7.42. The molecule has 0 unspecified atom stereocenters. The fourth-order valence-corrected chi connectivity index (χ4v) is 5.17. The first-order valence-corrected chi connectivity index (χ1v) is 14.0. The number of aromatic nitrogens is 1. The van der Waals surface area contributed by atoms with Crippen LogP contribution in [0.5, 0.6) is 5.75 Å². The van der Waals surface area contributed by atoms with Crippen LogP contribution in [-0.2, 0) is 21.1 Å². The maximum Gasteiger partial charge on any atom is 0.406 e. The summed E-state index contributed by atoms with van der Waals surface area (Å²) in [5.41, 5.74) is 1.97. The largest absolute Gasteiger partial charge is 0.495 e. The number of fused-ring (bicyclic) bond motifs is 1. The molecular weight excluding hydrogens is 519 g/mol. The van der Waals surface area contributed by atoms with E-state index >= 15 is 0 Å². The Morgan fingerprint density at radius 2 is 1.97 bits per heavy atom. The average molecular weight is 550 g/mol. The maximum absolute atomic E-state index is 13.5. The molecule has 0 radical (unpaired) electrons. The Morgan fingerprint density at radius 3 is 2.66 bits per heavy atom. The minimum Gasteiger partial charge on any atom is -0.495 e. The van der Waals surface area contributed by atoms with Crippen LogP contribution in [0.3, 0.4) is 0 Å². The summed E-state index contributed by atoms with van der Waals surface area (Å²) in [6, 6.07) is 11.5. The highest BCUT2D eigenvalue weighted by Crippen LogP contribution is 2.32. The first-order valence-electron chi connectivity index (χ1n) is 12.1. The van der Waals surface area contributed by atoms with Gasteiger partial charge in [0.2, 0.25) is 0 Å². The van der Waals surface area contributed by atoms with Gasteiger partial charge < -0.3 is 24.7 Å². The summed E-state index contributed by atoms with van der Waals surface area (Å²) >= 11 is 0. The molecule has 1 aliphatic rings. The molecule has 0 bridgehead atoms. The topological polar surface area (TPSA) is 81.6 Å². The summed E-state index contributed by atoms with van der Waals surface area (Å²) in [7, 11) is -1.99. The lowest BCUT2D eigenvalue weighted by molar-refractivity contribution is -0.140. The molecule has 0 spiro atoms. The molecule has 7 nitrogen and oxygen atoms in total. The Hall–Kier alpha value is -3.36. The summed E-state index contributed by atoms with van der Waals surface area (Å²) < 4.78 is 76.1. The number of halogens is 3. The van der Waals surface area contributed by atoms with Crippen molar-refractivity contribution in [3.05, 3.63) is 48.2 Å². The highest BCUT2D eigenvalue weighted by atomic mass is 32.2. The van der Waals surface area contributed by atoms with Gasteiger partial charge in [0.15, 0.2) is 9.84 Å². The molecule has 3 aromatic rings. The smallest absolute Gasteiger partial charge is 0.406 e. The summed E-state index contributed by atoms with van der Waals surface area (Å²) in [6.45, 7) is 1.58. The standard InChI is InChI=1S/C27H30F3N3O4S/c1-18-14-19(11-13-37-18)32-23-7-4-8-25-22(23)15-20(33(25)17-27(28,29)30)6-5-12-31-24-10-9-21(38(3,34)35)16-26(24)36-2/h4,7-10,15-16,18-19,31-32H,11-14,17H2,1-3H3/t18-,19-/m0/s1. The molecule has 0 amide bonds. The van der Waals surface area contributed by atoms with Crippen molar-refractivity contribution < 1.29 is 31.1 Å². The maximum atomic E-state index is 13.5. The molecule has 11 heteroatoms. The average Bonchev–Trinajstić information content (AvgIpc) is 3.18. The van der Waals surface area contributed by atoms with Crippen LogP contribution in [0.2, 0.25) is 0 Å². The molecule has 1 aromatic heterocycles. The van der Waals surface area contributed by atoms with E-state index in [0.29, 0.717) is 28.9 Å². The Labute approximate surface area is 220 Å². The van der Waals surface area contributed by atoms with Gasteiger partial charge in [-0.2, -0.15) is 13.2 Å². The van der Waals surface area contributed by atoms with Crippen molar-refractivity contribution >= 4 is 32.1 Å². The number of hydrogen-bond acceptors (Lipinski definition) is 6. The van der Waals surface area contributed by atoms with Crippen molar-refractivity contribution in [3.63, 3.8) is 0 Å². The van der Waals surface area contributed by atoms with E-state index in [2.05, 4.69) is 22.5 Å². The second kappa shape index (κ2) is 11.2. The number of benzene rings is 2. The van der Waals surface area contributed by atoms with E-state index in [-0.39, 0.29) is 29.3 Å². The number of sulfone groups is 1. The molecule has 38 heavy (non-hydrogen) atoms. The number of methoxy groups -OCH3 is 1. The molecule has 2 N–H and O–H groups in total. The quantitative estimate of drug-likeness (QED) is 0.401. The van der Waals surface area contributed by atoms with Crippen LogP contribution in [-0.4, -0.2) is 57.8 Å². The van der Waals surface area contributed by atoms with Gasteiger partial charge in [0.1, 0.15) is 12.3 Å². The van der Waals surface area contributed by atoms with Gasteiger partial charge in [-0.1, -0.05) is 12.0 Å². The van der Waals surface area contributed by atoms with E-state index in [9.17, 15) is 21.6 Å². The van der Waals surface area contributed by atoms with Crippen LogP contribution in [0.1, 0.15) is 25.5 Å². The lowest BCUT2D eigenvalue weighted by Crippen LogP contribution is -2.32. The van der Waals surface area contributed by atoms with Gasteiger partial charge in [-0.3, -0.25) is 0 Å². The fourth-order valence-electron chi connectivity index (χ4n) is 4.53. The zero-order valence-electron chi connectivity index (χ0n) is 21.4. The van der Waals surface area contributed by atoms with Gasteiger partial charge in [0, 0.05) is 36.0 Å². The van der Waals surface area contributed by atoms with E-state index in [1.54, 1.807) is 24.3 Å². The van der Waals surface area contributed by atoms with E-state index in [1.807, 2.05) is 13.0 Å². The van der Waals surface area contributed by atoms with Crippen LogP contribution in [0.4, 0.5) is 24.5 Å². The number of hydrogen-bond donors (Lipinski definition) is 2. The molecule has 204 valence electrons. The predicted molar refractivity (Wildman–Crippen MR) is 142 cm³/mol. The van der Waals surface area contributed by atoms with E-state index in [4.69, 9.17) is 9.47 Å². The normalized spacial score (nSPS) is 18.1. The van der Waals surface area contributed by atoms with Crippen molar-refractivity contribution in [1.29, 1.82) is 0 Å². The Kier molecular flexibility index (Phi) is 8.13. The Balaban J connectivity index is 1.60. The van der Waals surface area contributed by atoms with Gasteiger partial charge in [0.05, 0.1) is 41.6 Å². The number of ether oxygens (including phenoxy) is 2. The SMILES string of the molecule is COc1cc(S(C)(=O)=O)ccc1NCC#Cc1cc2c(N[C@H]3CCO[C@@H](C)C3)cccc2n1CC(F)(F)F. The van der Waals surface area contributed by atoms with Crippen LogP contribution < -0.4 is 15.4 Å². The number of alkyl halides is 3. The predicted octanol–water partition coefficient (Wildman–Crippen LogP) is 5.06. The van der Waals surface area contributed by atoms with Crippen molar-refractivity contribution in [2.45, 2.75) is 49.5 Å². The highest BCUT2D eigenvalue weighted by Gasteiger charge is 2.30. The lowest BCUT2D eigenvalue weighted by Gasteiger charge is -2.29. The van der Waals surface area contributed by atoms with E-state index in [0.717, 1.165) is 24.8 Å². The number of nitrogens with one attached hydrogen (secondary N) is 2.